The zero-order valence-corrected chi connectivity index (χ0v) is 13.8. The van der Waals surface area contributed by atoms with Gasteiger partial charge < -0.3 is 5.73 Å². The molecule has 1 aromatic heterocycles. The van der Waals surface area contributed by atoms with E-state index in [-0.39, 0.29) is 23.6 Å². The first kappa shape index (κ1) is 16.0. The average Bonchev–Trinajstić information content (AvgIpc) is 2.81. The molecule has 2 rings (SSSR count). The predicted octanol–water partition coefficient (Wildman–Crippen LogP) is 2.47. The Morgan fingerprint density at radius 1 is 1.43 bits per heavy atom. The van der Waals surface area contributed by atoms with Crippen LogP contribution in [0.2, 0.25) is 0 Å². The van der Waals surface area contributed by atoms with Gasteiger partial charge in [-0.05, 0) is 18.2 Å². The highest BCUT2D eigenvalue weighted by Gasteiger charge is 2.15. The second-order valence-electron chi connectivity index (χ2n) is 4.56. The van der Waals surface area contributed by atoms with E-state index >= 15 is 0 Å². The Morgan fingerprint density at radius 3 is 2.81 bits per heavy atom. The smallest absolute Gasteiger partial charge is 0.151 e. The zero-order chi connectivity index (χ0) is 15.6. The fraction of sp³-hybridized carbons (Fsp3) is 0.308. The largest absolute Gasteiger partial charge is 0.396 e. The van der Waals surface area contributed by atoms with Crippen LogP contribution in [-0.4, -0.2) is 29.7 Å². The molecule has 0 aliphatic carbocycles. The van der Waals surface area contributed by atoms with Gasteiger partial charge in [0, 0.05) is 22.0 Å². The molecule has 0 aliphatic rings. The lowest BCUT2D eigenvalue weighted by Gasteiger charge is -2.03. The van der Waals surface area contributed by atoms with Crippen molar-refractivity contribution in [1.82, 2.24) is 9.78 Å². The highest BCUT2D eigenvalue weighted by Crippen LogP contribution is 2.29. The van der Waals surface area contributed by atoms with E-state index in [2.05, 4.69) is 21.0 Å². The molecule has 0 radical (unpaired) electrons. The van der Waals surface area contributed by atoms with E-state index in [0.29, 0.717) is 15.9 Å². The van der Waals surface area contributed by atoms with E-state index in [1.807, 2.05) is 0 Å². The number of nitrogens with zero attached hydrogens (tertiary/aromatic N) is 2. The number of halogens is 2. The van der Waals surface area contributed by atoms with Gasteiger partial charge in [-0.3, -0.25) is 4.68 Å². The molecule has 1 heterocycles. The first-order chi connectivity index (χ1) is 9.82. The predicted molar refractivity (Wildman–Crippen MR) is 84.1 cm³/mol. The third kappa shape index (κ3) is 3.82. The maximum absolute atomic E-state index is 13.9. The third-order valence-corrected chi connectivity index (χ3v) is 5.22. The van der Waals surface area contributed by atoms with Crippen LogP contribution in [0.5, 0.6) is 0 Å². The number of rotatable bonds is 5. The number of nitrogen functional groups attached to an aromatic ring is 1. The van der Waals surface area contributed by atoms with Crippen LogP contribution in [0.4, 0.5) is 10.1 Å². The molecule has 0 bridgehead atoms. The lowest BCUT2D eigenvalue weighted by Crippen LogP contribution is -2.14. The second kappa shape index (κ2) is 6.15. The number of benzene rings is 1. The van der Waals surface area contributed by atoms with Crippen molar-refractivity contribution >= 4 is 31.5 Å². The standard InChI is InChI=1S/C13H15BrFN3O2S/c1-2-21(19,20)6-5-18-8-12(16)13(17-18)10-7-9(14)3-4-11(10)15/h3-4,7-8H,2,5-6,16H2,1H3. The van der Waals surface area contributed by atoms with Gasteiger partial charge >= 0.3 is 0 Å². The molecule has 114 valence electrons. The maximum atomic E-state index is 13.9. The number of hydrogen-bond acceptors (Lipinski definition) is 4. The average molecular weight is 376 g/mol. The summed E-state index contributed by atoms with van der Waals surface area (Å²) in [5.41, 5.74) is 6.74. The Hall–Kier alpha value is -1.41. The molecule has 0 aliphatic heterocycles. The molecule has 0 saturated carbocycles. The summed E-state index contributed by atoms with van der Waals surface area (Å²) in [5, 5.41) is 4.19. The molecule has 21 heavy (non-hydrogen) atoms. The molecule has 0 saturated heterocycles. The number of aromatic nitrogens is 2. The highest BCUT2D eigenvalue weighted by molar-refractivity contribution is 9.10. The molecule has 0 amide bonds. The number of sulfone groups is 1. The molecule has 0 unspecified atom stereocenters. The maximum Gasteiger partial charge on any atom is 0.151 e. The lowest BCUT2D eigenvalue weighted by atomic mass is 10.1. The molecule has 0 atom stereocenters. The van der Waals surface area contributed by atoms with Gasteiger partial charge in [-0.15, -0.1) is 0 Å². The van der Waals surface area contributed by atoms with Crippen LogP contribution < -0.4 is 5.73 Å². The van der Waals surface area contributed by atoms with Crippen LogP contribution in [0, 0.1) is 5.82 Å². The topological polar surface area (TPSA) is 78.0 Å². The monoisotopic (exact) mass is 375 g/mol. The summed E-state index contributed by atoms with van der Waals surface area (Å²) in [6.07, 6.45) is 1.51. The molecule has 2 aromatic rings. The van der Waals surface area contributed by atoms with E-state index in [0.717, 1.165) is 0 Å². The molecule has 5 nitrogen and oxygen atoms in total. The van der Waals surface area contributed by atoms with Gasteiger partial charge in [-0.1, -0.05) is 22.9 Å². The van der Waals surface area contributed by atoms with Crippen molar-refractivity contribution in [3.8, 4) is 11.3 Å². The van der Waals surface area contributed by atoms with Gasteiger partial charge in [0.1, 0.15) is 11.5 Å². The lowest BCUT2D eigenvalue weighted by molar-refractivity contribution is 0.581. The Bertz CT molecular complexity index is 759. The fourth-order valence-corrected chi connectivity index (χ4v) is 2.93. The van der Waals surface area contributed by atoms with E-state index in [1.54, 1.807) is 19.1 Å². The summed E-state index contributed by atoms with van der Waals surface area (Å²) in [4.78, 5) is 0. The molecule has 0 fully saturated rings. The van der Waals surface area contributed by atoms with Crippen LogP contribution in [0.25, 0.3) is 11.3 Å². The van der Waals surface area contributed by atoms with Crippen LogP contribution >= 0.6 is 15.9 Å². The summed E-state index contributed by atoms with van der Waals surface area (Å²) >= 11 is 3.27. The summed E-state index contributed by atoms with van der Waals surface area (Å²) in [5.74, 6) is -0.377. The third-order valence-electron chi connectivity index (χ3n) is 3.04. The van der Waals surface area contributed by atoms with Crippen molar-refractivity contribution in [2.75, 3.05) is 17.2 Å². The summed E-state index contributed by atoms with van der Waals surface area (Å²) in [6.45, 7) is 1.78. The van der Waals surface area contributed by atoms with E-state index in [1.165, 1.54) is 16.9 Å². The van der Waals surface area contributed by atoms with E-state index in [9.17, 15) is 12.8 Å². The van der Waals surface area contributed by atoms with E-state index < -0.39 is 15.7 Å². The Balaban J connectivity index is 2.29. The van der Waals surface area contributed by atoms with Crippen LogP contribution in [-0.2, 0) is 16.4 Å². The van der Waals surface area contributed by atoms with Crippen molar-refractivity contribution in [1.29, 1.82) is 0 Å². The fourth-order valence-electron chi connectivity index (χ4n) is 1.82. The minimum absolute atomic E-state index is 0.0228. The molecular weight excluding hydrogens is 361 g/mol. The Labute approximate surface area is 131 Å². The van der Waals surface area contributed by atoms with Crippen molar-refractivity contribution < 1.29 is 12.8 Å². The zero-order valence-electron chi connectivity index (χ0n) is 11.4. The van der Waals surface area contributed by atoms with Crippen molar-refractivity contribution in [2.24, 2.45) is 0 Å². The quantitative estimate of drug-likeness (QED) is 0.870. The van der Waals surface area contributed by atoms with Crippen LogP contribution in [0.3, 0.4) is 0 Å². The second-order valence-corrected chi connectivity index (χ2v) is 7.95. The van der Waals surface area contributed by atoms with Crippen molar-refractivity contribution in [2.45, 2.75) is 13.5 Å². The van der Waals surface area contributed by atoms with Gasteiger partial charge in [0.25, 0.3) is 0 Å². The number of anilines is 1. The first-order valence-electron chi connectivity index (χ1n) is 6.31. The van der Waals surface area contributed by atoms with Gasteiger partial charge in [0.15, 0.2) is 9.84 Å². The normalized spacial score (nSPS) is 11.8. The highest BCUT2D eigenvalue weighted by atomic mass is 79.9. The van der Waals surface area contributed by atoms with Gasteiger partial charge in [-0.2, -0.15) is 5.10 Å². The van der Waals surface area contributed by atoms with Crippen LogP contribution in [0.15, 0.2) is 28.9 Å². The first-order valence-corrected chi connectivity index (χ1v) is 8.92. The SMILES string of the molecule is CCS(=O)(=O)CCn1cc(N)c(-c2cc(Br)ccc2F)n1. The number of aryl methyl sites for hydroxylation is 1. The molecular formula is C13H15BrFN3O2S. The Kier molecular flexibility index (Phi) is 4.67. The molecule has 0 spiro atoms. The number of hydrogen-bond donors (Lipinski definition) is 1. The van der Waals surface area contributed by atoms with Gasteiger partial charge in [-0.25, -0.2) is 12.8 Å². The Morgan fingerprint density at radius 2 is 2.14 bits per heavy atom. The minimum Gasteiger partial charge on any atom is -0.396 e. The molecule has 2 N–H and O–H groups in total. The van der Waals surface area contributed by atoms with Crippen molar-refractivity contribution in [3.05, 3.63) is 34.7 Å². The minimum atomic E-state index is -3.08. The molecule has 1 aromatic carbocycles. The summed E-state index contributed by atoms with van der Waals surface area (Å²) in [7, 11) is -3.08. The summed E-state index contributed by atoms with van der Waals surface area (Å²) in [6, 6.07) is 4.49. The van der Waals surface area contributed by atoms with Gasteiger partial charge in [0.2, 0.25) is 0 Å². The number of nitrogens with two attached hydrogens (primary N) is 1. The summed E-state index contributed by atoms with van der Waals surface area (Å²) < 4.78 is 39.0. The van der Waals surface area contributed by atoms with Crippen LogP contribution in [0.1, 0.15) is 6.92 Å². The van der Waals surface area contributed by atoms with Crippen molar-refractivity contribution in [3.63, 3.8) is 0 Å². The van der Waals surface area contributed by atoms with Gasteiger partial charge in [0.05, 0.1) is 18.0 Å². The van der Waals surface area contributed by atoms with E-state index in [4.69, 9.17) is 5.73 Å². The molecule has 8 heteroatoms.